The van der Waals surface area contributed by atoms with Gasteiger partial charge < -0.3 is 10.5 Å². The van der Waals surface area contributed by atoms with E-state index in [1.54, 1.807) is 7.11 Å². The van der Waals surface area contributed by atoms with E-state index in [0.29, 0.717) is 11.3 Å². The third-order valence-corrected chi connectivity index (χ3v) is 3.77. The molecule has 0 fully saturated rings. The topological polar surface area (TPSA) is 35.2 Å². The number of methoxy groups -OCH3 is 1. The number of hydrogen-bond donors (Lipinski definition) is 1. The van der Waals surface area contributed by atoms with E-state index in [9.17, 15) is 0 Å². The summed E-state index contributed by atoms with van der Waals surface area (Å²) in [6.45, 7) is 5.42. The molecular formula is C14H22ClNO. The number of ether oxygens (including phenoxy) is 1. The summed E-state index contributed by atoms with van der Waals surface area (Å²) in [5, 5.41) is 0. The summed E-state index contributed by atoms with van der Waals surface area (Å²) >= 11 is 0. The molecule has 3 heteroatoms. The van der Waals surface area contributed by atoms with Crippen LogP contribution in [0.25, 0.3) is 0 Å². The molecule has 0 aromatic heterocycles. The van der Waals surface area contributed by atoms with Gasteiger partial charge in [-0.05, 0) is 54.0 Å². The highest BCUT2D eigenvalue weighted by molar-refractivity contribution is 5.85. The Morgan fingerprint density at radius 1 is 1.41 bits per heavy atom. The SMILES string of the molecule is COc1ccc2c(c1)C(CCN)C(C)(C)C2.Cl. The van der Waals surface area contributed by atoms with Crippen LogP contribution in [0.2, 0.25) is 0 Å². The summed E-state index contributed by atoms with van der Waals surface area (Å²) in [5.41, 5.74) is 8.96. The predicted octanol–water partition coefficient (Wildman–Crippen LogP) is 3.13. The van der Waals surface area contributed by atoms with Gasteiger partial charge in [-0.2, -0.15) is 0 Å². The molecule has 96 valence electrons. The van der Waals surface area contributed by atoms with Gasteiger partial charge in [0.1, 0.15) is 5.75 Å². The fourth-order valence-corrected chi connectivity index (χ4v) is 2.93. The van der Waals surface area contributed by atoms with Crippen LogP contribution in [0.4, 0.5) is 0 Å². The van der Waals surface area contributed by atoms with Gasteiger partial charge in [0.25, 0.3) is 0 Å². The molecule has 0 amide bonds. The zero-order chi connectivity index (χ0) is 11.8. The Labute approximate surface area is 110 Å². The average Bonchev–Trinajstić information content (AvgIpc) is 2.50. The molecule has 0 saturated heterocycles. The number of nitrogens with two attached hydrogens (primary N) is 1. The van der Waals surface area contributed by atoms with Gasteiger partial charge in [-0.25, -0.2) is 0 Å². The molecule has 2 rings (SSSR count). The summed E-state index contributed by atoms with van der Waals surface area (Å²) in [7, 11) is 1.72. The van der Waals surface area contributed by atoms with Crippen LogP contribution in [-0.2, 0) is 6.42 Å². The zero-order valence-corrected chi connectivity index (χ0v) is 11.6. The maximum absolute atomic E-state index is 5.73. The smallest absolute Gasteiger partial charge is 0.119 e. The molecule has 1 aromatic carbocycles. The quantitative estimate of drug-likeness (QED) is 0.901. The Balaban J connectivity index is 0.00000144. The Morgan fingerprint density at radius 3 is 2.71 bits per heavy atom. The monoisotopic (exact) mass is 255 g/mol. The molecule has 2 N–H and O–H groups in total. The van der Waals surface area contributed by atoms with Gasteiger partial charge in [0.15, 0.2) is 0 Å². The second-order valence-electron chi connectivity index (χ2n) is 5.36. The van der Waals surface area contributed by atoms with Crippen LogP contribution in [-0.4, -0.2) is 13.7 Å². The van der Waals surface area contributed by atoms with Crippen molar-refractivity contribution in [2.45, 2.75) is 32.6 Å². The molecule has 1 atom stereocenters. The zero-order valence-electron chi connectivity index (χ0n) is 10.8. The minimum atomic E-state index is 0. The van der Waals surface area contributed by atoms with Gasteiger partial charge in [-0.15, -0.1) is 12.4 Å². The van der Waals surface area contributed by atoms with Crippen molar-refractivity contribution in [3.63, 3.8) is 0 Å². The number of benzene rings is 1. The fraction of sp³-hybridized carbons (Fsp3) is 0.571. The Hall–Kier alpha value is -0.730. The number of rotatable bonds is 3. The summed E-state index contributed by atoms with van der Waals surface area (Å²) in [5.74, 6) is 1.53. The first kappa shape index (κ1) is 14.3. The van der Waals surface area contributed by atoms with Crippen molar-refractivity contribution in [2.24, 2.45) is 11.1 Å². The lowest BCUT2D eigenvalue weighted by molar-refractivity contribution is 0.301. The van der Waals surface area contributed by atoms with Crippen LogP contribution in [0.5, 0.6) is 5.75 Å². The van der Waals surface area contributed by atoms with Crippen molar-refractivity contribution in [1.82, 2.24) is 0 Å². The average molecular weight is 256 g/mol. The summed E-state index contributed by atoms with van der Waals surface area (Å²) in [4.78, 5) is 0. The molecule has 2 nitrogen and oxygen atoms in total. The highest BCUT2D eigenvalue weighted by Gasteiger charge is 2.38. The van der Waals surface area contributed by atoms with Crippen molar-refractivity contribution >= 4 is 12.4 Å². The van der Waals surface area contributed by atoms with Crippen molar-refractivity contribution in [1.29, 1.82) is 0 Å². The van der Waals surface area contributed by atoms with Gasteiger partial charge in [-0.3, -0.25) is 0 Å². The third kappa shape index (κ3) is 2.58. The standard InChI is InChI=1S/C14H21NO.ClH/c1-14(2)9-10-4-5-11(16-3)8-12(10)13(14)6-7-15;/h4-5,8,13H,6-7,9,15H2,1-3H3;1H. The van der Waals surface area contributed by atoms with Gasteiger partial charge >= 0.3 is 0 Å². The van der Waals surface area contributed by atoms with Gasteiger partial charge in [0.05, 0.1) is 7.11 Å². The van der Waals surface area contributed by atoms with E-state index < -0.39 is 0 Å². The van der Waals surface area contributed by atoms with Crippen LogP contribution in [0.1, 0.15) is 37.3 Å². The molecule has 1 aromatic rings. The first-order valence-corrected chi connectivity index (χ1v) is 5.95. The second kappa shape index (κ2) is 5.28. The third-order valence-electron chi connectivity index (χ3n) is 3.77. The second-order valence-corrected chi connectivity index (χ2v) is 5.36. The molecule has 1 aliphatic rings. The van der Waals surface area contributed by atoms with Gasteiger partial charge in [0, 0.05) is 0 Å². The number of halogens is 1. The summed E-state index contributed by atoms with van der Waals surface area (Å²) in [6, 6.07) is 6.44. The highest BCUT2D eigenvalue weighted by Crippen LogP contribution is 2.49. The van der Waals surface area contributed by atoms with Crippen LogP contribution in [0.3, 0.4) is 0 Å². The lowest BCUT2D eigenvalue weighted by atomic mass is 9.78. The number of hydrogen-bond acceptors (Lipinski definition) is 2. The molecular weight excluding hydrogens is 234 g/mol. The first-order chi connectivity index (χ1) is 7.58. The lowest BCUT2D eigenvalue weighted by Crippen LogP contribution is -2.20. The van der Waals surface area contributed by atoms with E-state index in [1.807, 2.05) is 0 Å². The molecule has 0 heterocycles. The van der Waals surface area contributed by atoms with Crippen molar-refractivity contribution in [2.75, 3.05) is 13.7 Å². The molecule has 0 bridgehead atoms. The Bertz CT molecular complexity index is 390. The highest BCUT2D eigenvalue weighted by atomic mass is 35.5. The minimum Gasteiger partial charge on any atom is -0.497 e. The lowest BCUT2D eigenvalue weighted by Gasteiger charge is -2.27. The predicted molar refractivity (Wildman–Crippen MR) is 74.1 cm³/mol. The van der Waals surface area contributed by atoms with E-state index in [1.165, 1.54) is 11.1 Å². The van der Waals surface area contributed by atoms with Gasteiger partial charge in [-0.1, -0.05) is 19.9 Å². The van der Waals surface area contributed by atoms with Crippen molar-refractivity contribution < 1.29 is 4.74 Å². The van der Waals surface area contributed by atoms with E-state index in [0.717, 1.165) is 25.1 Å². The molecule has 0 aliphatic heterocycles. The molecule has 17 heavy (non-hydrogen) atoms. The molecule has 0 saturated carbocycles. The van der Waals surface area contributed by atoms with Crippen molar-refractivity contribution in [3.05, 3.63) is 29.3 Å². The maximum atomic E-state index is 5.73. The van der Waals surface area contributed by atoms with Crippen LogP contribution in [0, 0.1) is 5.41 Å². The molecule has 1 unspecified atom stereocenters. The Kier molecular flexibility index (Phi) is 4.45. The largest absolute Gasteiger partial charge is 0.497 e. The molecule has 0 radical (unpaired) electrons. The molecule has 0 spiro atoms. The fourth-order valence-electron chi connectivity index (χ4n) is 2.93. The summed E-state index contributed by atoms with van der Waals surface area (Å²) < 4.78 is 5.30. The first-order valence-electron chi connectivity index (χ1n) is 5.95. The van der Waals surface area contributed by atoms with E-state index in [4.69, 9.17) is 10.5 Å². The van der Waals surface area contributed by atoms with Crippen LogP contribution in [0.15, 0.2) is 18.2 Å². The maximum Gasteiger partial charge on any atom is 0.119 e. The van der Waals surface area contributed by atoms with Crippen molar-refractivity contribution in [3.8, 4) is 5.75 Å². The van der Waals surface area contributed by atoms with Gasteiger partial charge in [0.2, 0.25) is 0 Å². The number of fused-ring (bicyclic) bond motifs is 1. The molecule has 1 aliphatic carbocycles. The van der Waals surface area contributed by atoms with Crippen LogP contribution >= 0.6 is 12.4 Å². The minimum absolute atomic E-state index is 0. The van der Waals surface area contributed by atoms with Crippen LogP contribution < -0.4 is 10.5 Å². The van der Waals surface area contributed by atoms with E-state index >= 15 is 0 Å². The Morgan fingerprint density at radius 2 is 2.12 bits per heavy atom. The normalized spacial score (nSPS) is 20.6. The van der Waals surface area contributed by atoms with E-state index in [-0.39, 0.29) is 12.4 Å². The summed E-state index contributed by atoms with van der Waals surface area (Å²) in [6.07, 6.45) is 2.21. The van der Waals surface area contributed by atoms with E-state index in [2.05, 4.69) is 32.0 Å².